The van der Waals surface area contributed by atoms with E-state index in [-0.39, 0.29) is 23.5 Å². The van der Waals surface area contributed by atoms with E-state index in [9.17, 15) is 18.3 Å². The molecule has 1 heterocycles. The second-order valence-corrected chi connectivity index (χ2v) is 12.2. The number of aryl methyl sites for hydroxylation is 1. The zero-order valence-electron chi connectivity index (χ0n) is 20.4. The van der Waals surface area contributed by atoms with E-state index in [0.717, 1.165) is 45.8 Å². The van der Waals surface area contributed by atoms with Crippen LogP contribution in [-0.4, -0.2) is 43.0 Å². The minimum absolute atomic E-state index is 0.156. The van der Waals surface area contributed by atoms with Crippen LogP contribution in [0.5, 0.6) is 5.75 Å². The Morgan fingerprint density at radius 2 is 2.03 bits per heavy atom. The number of sulfone groups is 1. The number of pyridine rings is 1. The van der Waals surface area contributed by atoms with Crippen molar-refractivity contribution in [3.05, 3.63) is 77.0 Å². The van der Waals surface area contributed by atoms with Gasteiger partial charge in [-0.2, -0.15) is 0 Å². The van der Waals surface area contributed by atoms with Gasteiger partial charge in [-0.1, -0.05) is 24.3 Å². The zero-order chi connectivity index (χ0) is 25.4. The molecule has 2 aromatic carbocycles. The summed E-state index contributed by atoms with van der Waals surface area (Å²) in [6.07, 6.45) is 4.44. The standard InChI is InChI=1S/C28H30N2O5S/c1-17-11-25(29-9-4-10-36(2,33)34)30-15-24(17)19-6-3-5-18(12-19)16-35-21-7-8-22-20(13-21)14-23-26(22)27(23)28(31)32/h3,5-8,11-13,15,23,26-27H,4,9-10,14,16H2,1-2H3,(H,29,30)(H,31,32). The van der Waals surface area contributed by atoms with E-state index in [1.807, 2.05) is 49.5 Å². The fourth-order valence-electron chi connectivity index (χ4n) is 5.32. The highest BCUT2D eigenvalue weighted by Crippen LogP contribution is 2.61. The van der Waals surface area contributed by atoms with Crippen molar-refractivity contribution in [2.45, 2.75) is 32.3 Å². The van der Waals surface area contributed by atoms with Crippen molar-refractivity contribution in [3.63, 3.8) is 0 Å². The van der Waals surface area contributed by atoms with Gasteiger partial charge in [0.1, 0.15) is 28.0 Å². The van der Waals surface area contributed by atoms with E-state index in [4.69, 9.17) is 4.74 Å². The smallest absolute Gasteiger partial charge is 0.307 e. The maximum Gasteiger partial charge on any atom is 0.307 e. The zero-order valence-corrected chi connectivity index (χ0v) is 21.2. The molecule has 1 aromatic heterocycles. The Hall–Kier alpha value is -3.39. The van der Waals surface area contributed by atoms with Crippen LogP contribution in [0.15, 0.2) is 54.7 Å². The molecule has 8 heteroatoms. The summed E-state index contributed by atoms with van der Waals surface area (Å²) in [5.41, 5.74) is 6.58. The van der Waals surface area contributed by atoms with Crippen molar-refractivity contribution < 1.29 is 23.1 Å². The number of aliphatic carboxylic acids is 1. The third-order valence-corrected chi connectivity index (χ3v) is 8.17. The number of nitrogens with zero attached hydrogens (tertiary/aromatic N) is 1. The molecule has 36 heavy (non-hydrogen) atoms. The summed E-state index contributed by atoms with van der Waals surface area (Å²) in [5.74, 6) is 1.21. The maximum atomic E-state index is 11.3. The number of hydrogen-bond acceptors (Lipinski definition) is 6. The molecule has 3 aromatic rings. The SMILES string of the molecule is Cc1cc(NCCCS(C)(=O)=O)ncc1-c1cccc(COc2ccc3c(c2)CC2C(C(=O)O)C32)c1. The first-order valence-corrected chi connectivity index (χ1v) is 14.2. The molecule has 0 spiro atoms. The van der Waals surface area contributed by atoms with Crippen LogP contribution in [-0.2, 0) is 27.7 Å². The van der Waals surface area contributed by atoms with Gasteiger partial charge in [0.2, 0.25) is 0 Å². The summed E-state index contributed by atoms with van der Waals surface area (Å²) in [6, 6.07) is 16.2. The van der Waals surface area contributed by atoms with Gasteiger partial charge in [-0.25, -0.2) is 13.4 Å². The molecule has 1 fully saturated rings. The molecule has 3 atom stereocenters. The maximum absolute atomic E-state index is 11.3. The summed E-state index contributed by atoms with van der Waals surface area (Å²) in [7, 11) is -2.95. The van der Waals surface area contributed by atoms with Gasteiger partial charge in [0, 0.05) is 30.5 Å². The lowest BCUT2D eigenvalue weighted by Crippen LogP contribution is -2.10. The van der Waals surface area contributed by atoms with Crippen LogP contribution in [0.3, 0.4) is 0 Å². The lowest BCUT2D eigenvalue weighted by atomic mass is 10.0. The molecule has 0 bridgehead atoms. The van der Waals surface area contributed by atoms with E-state index >= 15 is 0 Å². The van der Waals surface area contributed by atoms with Gasteiger partial charge < -0.3 is 15.2 Å². The monoisotopic (exact) mass is 506 g/mol. The summed E-state index contributed by atoms with van der Waals surface area (Å²) in [4.78, 5) is 15.8. The van der Waals surface area contributed by atoms with Gasteiger partial charge in [-0.15, -0.1) is 0 Å². The van der Waals surface area contributed by atoms with E-state index in [2.05, 4.69) is 22.4 Å². The molecule has 7 nitrogen and oxygen atoms in total. The largest absolute Gasteiger partial charge is 0.489 e. The Kier molecular flexibility index (Phi) is 6.47. The molecule has 0 amide bonds. The predicted octanol–water partition coefficient (Wildman–Crippen LogP) is 4.45. The quantitative estimate of drug-likeness (QED) is 0.391. The van der Waals surface area contributed by atoms with Crippen molar-refractivity contribution in [2.24, 2.45) is 11.8 Å². The third-order valence-electron chi connectivity index (χ3n) is 7.14. The Balaban J connectivity index is 1.20. The number of fused-ring (bicyclic) bond motifs is 3. The molecule has 0 radical (unpaired) electrons. The second kappa shape index (κ2) is 9.58. The molecule has 188 valence electrons. The predicted molar refractivity (Wildman–Crippen MR) is 139 cm³/mol. The first kappa shape index (κ1) is 24.3. The van der Waals surface area contributed by atoms with Crippen LogP contribution in [0, 0.1) is 18.8 Å². The summed E-state index contributed by atoms with van der Waals surface area (Å²) >= 11 is 0. The van der Waals surface area contributed by atoms with Gasteiger partial charge in [0.25, 0.3) is 0 Å². The van der Waals surface area contributed by atoms with Gasteiger partial charge in [-0.05, 0) is 77.8 Å². The Morgan fingerprint density at radius 3 is 2.78 bits per heavy atom. The van der Waals surface area contributed by atoms with Gasteiger partial charge in [0.05, 0.1) is 11.7 Å². The Labute approximate surface area is 211 Å². The topological polar surface area (TPSA) is 106 Å². The van der Waals surface area contributed by atoms with Gasteiger partial charge in [-0.3, -0.25) is 4.79 Å². The molecule has 0 saturated heterocycles. The highest BCUT2D eigenvalue weighted by atomic mass is 32.2. The van der Waals surface area contributed by atoms with E-state index in [0.29, 0.717) is 19.6 Å². The number of carbonyl (C=O) groups is 1. The number of aromatic nitrogens is 1. The van der Waals surface area contributed by atoms with Crippen LogP contribution in [0.25, 0.3) is 11.1 Å². The van der Waals surface area contributed by atoms with Crippen LogP contribution < -0.4 is 10.1 Å². The lowest BCUT2D eigenvalue weighted by Gasteiger charge is -2.13. The molecule has 2 aliphatic rings. The average molecular weight is 507 g/mol. The number of anilines is 1. The average Bonchev–Trinajstić information content (AvgIpc) is 3.43. The number of rotatable bonds is 10. The highest BCUT2D eigenvalue weighted by Gasteiger charge is 2.59. The first-order chi connectivity index (χ1) is 17.2. The Morgan fingerprint density at radius 1 is 1.19 bits per heavy atom. The van der Waals surface area contributed by atoms with Crippen molar-refractivity contribution in [3.8, 4) is 16.9 Å². The van der Waals surface area contributed by atoms with E-state index in [1.165, 1.54) is 11.8 Å². The van der Waals surface area contributed by atoms with Gasteiger partial charge >= 0.3 is 5.97 Å². The second-order valence-electron chi connectivity index (χ2n) is 9.90. The van der Waals surface area contributed by atoms with E-state index < -0.39 is 15.8 Å². The number of nitrogens with one attached hydrogen (secondary N) is 1. The van der Waals surface area contributed by atoms with Gasteiger partial charge in [0.15, 0.2) is 0 Å². The van der Waals surface area contributed by atoms with Crippen LogP contribution in [0.2, 0.25) is 0 Å². The molecular formula is C28H30N2O5S. The van der Waals surface area contributed by atoms with E-state index in [1.54, 1.807) is 0 Å². The fraction of sp³-hybridized carbons (Fsp3) is 0.357. The summed E-state index contributed by atoms with van der Waals surface area (Å²) in [5, 5.41) is 12.5. The minimum Gasteiger partial charge on any atom is -0.489 e. The van der Waals surface area contributed by atoms with Crippen LogP contribution >= 0.6 is 0 Å². The normalized spacial score (nSPS) is 19.9. The molecular weight excluding hydrogens is 476 g/mol. The molecule has 1 saturated carbocycles. The summed E-state index contributed by atoms with van der Waals surface area (Å²) < 4.78 is 28.6. The molecule has 0 aliphatic heterocycles. The number of benzene rings is 2. The molecule has 3 unspecified atom stereocenters. The number of carboxylic acids is 1. The molecule has 2 N–H and O–H groups in total. The van der Waals surface area contributed by atoms with Crippen molar-refractivity contribution >= 4 is 21.6 Å². The summed E-state index contributed by atoms with van der Waals surface area (Å²) in [6.45, 7) is 3.02. The number of carboxylic acid groups (broad SMARTS) is 1. The van der Waals surface area contributed by atoms with Crippen LogP contribution in [0.1, 0.15) is 34.6 Å². The van der Waals surface area contributed by atoms with Crippen molar-refractivity contribution in [1.82, 2.24) is 4.98 Å². The fourth-order valence-corrected chi connectivity index (χ4v) is 5.99. The third kappa shape index (κ3) is 5.23. The number of ether oxygens (including phenoxy) is 1. The van der Waals surface area contributed by atoms with Crippen molar-refractivity contribution in [1.29, 1.82) is 0 Å². The minimum atomic E-state index is -2.95. The lowest BCUT2D eigenvalue weighted by molar-refractivity contribution is -0.139. The molecule has 2 aliphatic carbocycles. The van der Waals surface area contributed by atoms with Crippen molar-refractivity contribution in [2.75, 3.05) is 23.9 Å². The number of hydrogen-bond donors (Lipinski definition) is 2. The Bertz CT molecular complexity index is 1420. The van der Waals surface area contributed by atoms with Crippen LogP contribution in [0.4, 0.5) is 5.82 Å². The molecule has 5 rings (SSSR count). The highest BCUT2D eigenvalue weighted by molar-refractivity contribution is 7.90. The first-order valence-electron chi connectivity index (χ1n) is 12.2.